The van der Waals surface area contributed by atoms with E-state index in [2.05, 4.69) is 34.1 Å². The van der Waals surface area contributed by atoms with E-state index in [9.17, 15) is 4.79 Å². The summed E-state index contributed by atoms with van der Waals surface area (Å²) >= 11 is 12.3. The fraction of sp³-hybridized carbons (Fsp3) is 0.519. The normalized spacial score (nSPS) is 17.8. The van der Waals surface area contributed by atoms with Crippen LogP contribution in [0.4, 0.5) is 5.69 Å². The Morgan fingerprint density at radius 2 is 1.50 bits per heavy atom. The fourth-order valence-corrected chi connectivity index (χ4v) is 5.16. The first-order chi connectivity index (χ1) is 16.6. The zero-order chi connectivity index (χ0) is 23.8. The average molecular weight is 505 g/mol. The Balaban J connectivity index is 1.20. The van der Waals surface area contributed by atoms with Crippen LogP contribution in [0.15, 0.2) is 42.5 Å². The van der Waals surface area contributed by atoms with E-state index in [0.29, 0.717) is 28.7 Å². The molecule has 0 radical (unpaired) electrons. The molecule has 0 N–H and O–H groups in total. The number of benzene rings is 2. The second kappa shape index (κ2) is 12.7. The van der Waals surface area contributed by atoms with Crippen LogP contribution in [0, 0.1) is 0 Å². The monoisotopic (exact) mass is 503 g/mol. The maximum Gasteiger partial charge on any atom is 0.255 e. The van der Waals surface area contributed by atoms with Crippen molar-refractivity contribution >= 4 is 34.8 Å². The lowest BCUT2D eigenvalue weighted by Gasteiger charge is -2.36. The fourth-order valence-electron chi connectivity index (χ4n) is 4.77. The maximum atomic E-state index is 12.9. The van der Waals surface area contributed by atoms with Gasteiger partial charge in [0.05, 0.1) is 22.2 Å². The molecule has 0 unspecified atom stereocenters. The van der Waals surface area contributed by atoms with E-state index in [1.165, 1.54) is 45.2 Å². The quantitative estimate of drug-likeness (QED) is 0.434. The molecule has 2 aliphatic rings. The Morgan fingerprint density at radius 3 is 2.21 bits per heavy atom. The van der Waals surface area contributed by atoms with Gasteiger partial charge in [0.25, 0.3) is 5.91 Å². The van der Waals surface area contributed by atoms with Crippen LogP contribution in [-0.2, 0) is 0 Å². The van der Waals surface area contributed by atoms with E-state index in [-0.39, 0.29) is 5.91 Å². The van der Waals surface area contributed by atoms with Gasteiger partial charge in [-0.3, -0.25) is 4.79 Å². The third-order valence-corrected chi connectivity index (χ3v) is 7.61. The Labute approximate surface area is 213 Å². The molecule has 5 nitrogen and oxygen atoms in total. The van der Waals surface area contributed by atoms with Crippen molar-refractivity contribution in [1.82, 2.24) is 9.80 Å². The number of piperazine rings is 1. The molecule has 2 fully saturated rings. The topological polar surface area (TPSA) is 36.0 Å². The van der Waals surface area contributed by atoms with Crippen molar-refractivity contribution in [2.45, 2.75) is 38.5 Å². The molecule has 0 saturated carbocycles. The molecule has 0 atom stereocenters. The molecule has 4 rings (SSSR count). The molecule has 0 aliphatic carbocycles. The molecule has 2 aromatic carbocycles. The van der Waals surface area contributed by atoms with Crippen LogP contribution >= 0.6 is 23.2 Å². The first-order valence-corrected chi connectivity index (χ1v) is 13.3. The summed E-state index contributed by atoms with van der Waals surface area (Å²) in [4.78, 5) is 19.6. The molecule has 1 amide bonds. The highest BCUT2D eigenvalue weighted by atomic mass is 35.5. The van der Waals surface area contributed by atoms with Crippen molar-refractivity contribution in [2.75, 3.05) is 57.3 Å². The van der Waals surface area contributed by atoms with Crippen LogP contribution in [0.1, 0.15) is 48.9 Å². The number of rotatable bonds is 7. The number of nitrogens with zero attached hydrogens (tertiary/aromatic N) is 3. The Kier molecular flexibility index (Phi) is 9.37. The van der Waals surface area contributed by atoms with Gasteiger partial charge in [0.15, 0.2) is 0 Å². The zero-order valence-corrected chi connectivity index (χ0v) is 21.4. The second-order valence-electron chi connectivity index (χ2n) is 9.19. The lowest BCUT2D eigenvalue weighted by Crippen LogP contribution is -2.48. The van der Waals surface area contributed by atoms with Gasteiger partial charge >= 0.3 is 0 Å². The van der Waals surface area contributed by atoms with Gasteiger partial charge in [0.1, 0.15) is 5.75 Å². The number of halogens is 2. The first kappa shape index (κ1) is 25.2. The van der Waals surface area contributed by atoms with E-state index in [1.807, 2.05) is 4.90 Å². The van der Waals surface area contributed by atoms with Crippen molar-refractivity contribution in [2.24, 2.45) is 0 Å². The summed E-state index contributed by atoms with van der Waals surface area (Å²) in [5.74, 6) is 0.854. The van der Waals surface area contributed by atoms with Crippen LogP contribution in [0.2, 0.25) is 10.0 Å². The van der Waals surface area contributed by atoms with Gasteiger partial charge in [0, 0.05) is 38.4 Å². The largest absolute Gasteiger partial charge is 0.494 e. The number of likely N-dealkylation sites (tertiary alicyclic amines) is 1. The third kappa shape index (κ3) is 6.80. The first-order valence-electron chi connectivity index (χ1n) is 12.6. The summed E-state index contributed by atoms with van der Waals surface area (Å²) in [6.07, 6.45) is 7.88. The number of anilines is 1. The number of carbonyl (C=O) groups is 1. The molecule has 0 bridgehead atoms. The van der Waals surface area contributed by atoms with Crippen LogP contribution in [-0.4, -0.2) is 68.1 Å². The van der Waals surface area contributed by atoms with E-state index in [0.717, 1.165) is 44.1 Å². The molecule has 34 heavy (non-hydrogen) atoms. The molecular weight excluding hydrogens is 469 g/mol. The number of amides is 1. The van der Waals surface area contributed by atoms with Gasteiger partial charge in [-0.05, 0) is 68.8 Å². The minimum absolute atomic E-state index is 0.0633. The van der Waals surface area contributed by atoms with Gasteiger partial charge in [-0.1, -0.05) is 48.5 Å². The van der Waals surface area contributed by atoms with Crippen LogP contribution in [0.25, 0.3) is 0 Å². The Bertz CT molecular complexity index is 922. The van der Waals surface area contributed by atoms with Crippen molar-refractivity contribution in [3.63, 3.8) is 0 Å². The van der Waals surface area contributed by atoms with Crippen LogP contribution in [0.3, 0.4) is 0 Å². The molecule has 7 heteroatoms. The lowest BCUT2D eigenvalue weighted by molar-refractivity contribution is 0.0747. The molecule has 184 valence electrons. The summed E-state index contributed by atoms with van der Waals surface area (Å²) in [5, 5.41) is 0.736. The van der Waals surface area contributed by atoms with E-state index < -0.39 is 0 Å². The van der Waals surface area contributed by atoms with Crippen molar-refractivity contribution < 1.29 is 9.53 Å². The van der Waals surface area contributed by atoms with E-state index in [4.69, 9.17) is 27.9 Å². The van der Waals surface area contributed by atoms with Crippen molar-refractivity contribution in [3.05, 3.63) is 58.1 Å². The van der Waals surface area contributed by atoms with Crippen molar-refractivity contribution in [3.8, 4) is 5.75 Å². The number of hydrogen-bond donors (Lipinski definition) is 0. The van der Waals surface area contributed by atoms with E-state index in [1.54, 1.807) is 18.2 Å². The smallest absolute Gasteiger partial charge is 0.255 e. The SMILES string of the molecule is O=C(c1cccc(Cl)c1Cl)N1CCN(c2ccc(OCCCN3CCCCCCC3)cc2)CC1. The van der Waals surface area contributed by atoms with Crippen molar-refractivity contribution in [1.29, 1.82) is 0 Å². The van der Waals surface area contributed by atoms with Gasteiger partial charge in [0.2, 0.25) is 0 Å². The summed E-state index contributed by atoms with van der Waals surface area (Å²) in [6.45, 7) is 7.20. The number of ether oxygens (including phenoxy) is 1. The third-order valence-electron chi connectivity index (χ3n) is 6.79. The standard InChI is InChI=1S/C27H35Cl2N3O2/c28-25-9-6-8-24(26(25)29)27(33)32-19-17-31(18-20-32)22-10-12-23(13-11-22)34-21-7-16-30-14-4-2-1-3-5-15-30/h6,8-13H,1-5,7,14-21H2. The second-order valence-corrected chi connectivity index (χ2v) is 9.97. The van der Waals surface area contributed by atoms with Gasteiger partial charge in [-0.15, -0.1) is 0 Å². The maximum absolute atomic E-state index is 12.9. The predicted molar refractivity (Wildman–Crippen MR) is 141 cm³/mol. The highest BCUT2D eigenvalue weighted by Gasteiger charge is 2.24. The number of hydrogen-bond acceptors (Lipinski definition) is 4. The van der Waals surface area contributed by atoms with E-state index >= 15 is 0 Å². The molecule has 2 saturated heterocycles. The van der Waals surface area contributed by atoms with Gasteiger partial charge in [-0.2, -0.15) is 0 Å². The average Bonchev–Trinajstić information content (AvgIpc) is 2.84. The minimum atomic E-state index is -0.0633. The summed E-state index contributed by atoms with van der Waals surface area (Å²) in [5.41, 5.74) is 1.62. The van der Waals surface area contributed by atoms with Gasteiger partial charge in [-0.25, -0.2) is 0 Å². The molecule has 2 aliphatic heterocycles. The summed E-state index contributed by atoms with van der Waals surface area (Å²) < 4.78 is 5.99. The lowest BCUT2D eigenvalue weighted by atomic mass is 10.1. The van der Waals surface area contributed by atoms with Gasteiger partial charge < -0.3 is 19.4 Å². The molecule has 2 aromatic rings. The summed E-state index contributed by atoms with van der Waals surface area (Å²) in [6, 6.07) is 13.5. The predicted octanol–water partition coefficient (Wildman–Crippen LogP) is 5.99. The molecule has 0 spiro atoms. The van der Waals surface area contributed by atoms with Crippen LogP contribution < -0.4 is 9.64 Å². The molecule has 0 aromatic heterocycles. The van der Waals surface area contributed by atoms with Crippen LogP contribution in [0.5, 0.6) is 5.75 Å². The Morgan fingerprint density at radius 1 is 0.824 bits per heavy atom. The Hall–Kier alpha value is -1.95. The highest BCUT2D eigenvalue weighted by Crippen LogP contribution is 2.27. The minimum Gasteiger partial charge on any atom is -0.494 e. The summed E-state index contributed by atoms with van der Waals surface area (Å²) in [7, 11) is 0. The molecule has 2 heterocycles. The highest BCUT2D eigenvalue weighted by molar-refractivity contribution is 6.43. The molecular formula is C27H35Cl2N3O2. The zero-order valence-electron chi connectivity index (χ0n) is 19.9. The number of carbonyl (C=O) groups excluding carboxylic acids is 1.